The first kappa shape index (κ1) is 16.0. The van der Waals surface area contributed by atoms with Crippen LogP contribution in [0.25, 0.3) is 0 Å². The standard InChI is InChI=1S/C15H22N2O3S/c1-10(2)17-9-13(8-15(17)18)16-21(19,20)14-6-5-11(3)7-12(14)4/h5-7,10,13,16H,8-9H2,1-4H3. The van der Waals surface area contributed by atoms with Crippen LogP contribution in [0.5, 0.6) is 0 Å². The Balaban J connectivity index is 2.17. The second kappa shape index (κ2) is 5.77. The minimum absolute atomic E-state index is 0.00155. The van der Waals surface area contributed by atoms with Gasteiger partial charge in [0.2, 0.25) is 15.9 Å². The molecule has 0 aliphatic carbocycles. The number of carbonyl (C=O) groups excluding carboxylic acids is 1. The molecule has 1 aliphatic rings. The van der Waals surface area contributed by atoms with Crippen LogP contribution in [-0.2, 0) is 14.8 Å². The molecule has 1 aromatic rings. The van der Waals surface area contributed by atoms with Crippen molar-refractivity contribution in [2.24, 2.45) is 0 Å². The molecule has 0 radical (unpaired) electrons. The smallest absolute Gasteiger partial charge is 0.241 e. The lowest BCUT2D eigenvalue weighted by Gasteiger charge is -2.21. The van der Waals surface area contributed by atoms with Crippen molar-refractivity contribution in [3.63, 3.8) is 0 Å². The first-order valence-electron chi connectivity index (χ1n) is 7.10. The van der Waals surface area contributed by atoms with E-state index >= 15 is 0 Å². The summed E-state index contributed by atoms with van der Waals surface area (Å²) in [7, 11) is -3.59. The van der Waals surface area contributed by atoms with Crippen LogP contribution in [0.15, 0.2) is 23.1 Å². The van der Waals surface area contributed by atoms with Gasteiger partial charge in [0.05, 0.1) is 4.90 Å². The average molecular weight is 310 g/mol. The molecule has 1 fully saturated rings. The number of amides is 1. The Kier molecular flexibility index (Phi) is 4.39. The van der Waals surface area contributed by atoms with Crippen molar-refractivity contribution in [2.75, 3.05) is 6.54 Å². The third-order valence-corrected chi connectivity index (χ3v) is 5.40. The summed E-state index contributed by atoms with van der Waals surface area (Å²) in [5.74, 6) is -0.00155. The zero-order valence-electron chi connectivity index (χ0n) is 12.9. The van der Waals surface area contributed by atoms with Crippen LogP contribution in [0.3, 0.4) is 0 Å². The number of nitrogens with one attached hydrogen (secondary N) is 1. The molecular formula is C15H22N2O3S. The van der Waals surface area contributed by atoms with Crippen LogP contribution in [0.1, 0.15) is 31.4 Å². The second-order valence-corrected chi connectivity index (χ2v) is 7.61. The molecule has 1 saturated heterocycles. The molecule has 1 heterocycles. The zero-order chi connectivity index (χ0) is 15.8. The predicted molar refractivity (Wildman–Crippen MR) is 81.5 cm³/mol. The lowest BCUT2D eigenvalue weighted by Crippen LogP contribution is -2.39. The molecule has 2 rings (SSSR count). The number of hydrogen-bond donors (Lipinski definition) is 1. The molecule has 0 saturated carbocycles. The number of likely N-dealkylation sites (tertiary alicyclic amines) is 1. The normalized spacial score (nSPS) is 19.6. The molecule has 1 aromatic carbocycles. The SMILES string of the molecule is Cc1ccc(S(=O)(=O)NC2CC(=O)N(C(C)C)C2)c(C)c1. The Morgan fingerprint density at radius 2 is 1.95 bits per heavy atom. The number of carbonyl (C=O) groups is 1. The van der Waals surface area contributed by atoms with Crippen molar-refractivity contribution in [1.82, 2.24) is 9.62 Å². The fourth-order valence-electron chi connectivity index (χ4n) is 2.69. The monoisotopic (exact) mass is 310 g/mol. The van der Waals surface area contributed by atoms with Gasteiger partial charge >= 0.3 is 0 Å². The Labute approximate surface area is 126 Å². The molecule has 0 spiro atoms. The third-order valence-electron chi connectivity index (χ3n) is 3.72. The summed E-state index contributed by atoms with van der Waals surface area (Å²) in [5.41, 5.74) is 1.74. The van der Waals surface area contributed by atoms with Crippen LogP contribution in [0.2, 0.25) is 0 Å². The Morgan fingerprint density at radius 1 is 1.29 bits per heavy atom. The highest BCUT2D eigenvalue weighted by Gasteiger charge is 2.34. The summed E-state index contributed by atoms with van der Waals surface area (Å²) in [6.07, 6.45) is 0.225. The molecule has 1 unspecified atom stereocenters. The number of hydrogen-bond acceptors (Lipinski definition) is 3. The maximum absolute atomic E-state index is 12.5. The van der Waals surface area contributed by atoms with E-state index in [1.165, 1.54) is 0 Å². The first-order chi connectivity index (χ1) is 9.70. The summed E-state index contributed by atoms with van der Waals surface area (Å²) in [4.78, 5) is 13.8. The van der Waals surface area contributed by atoms with Gasteiger partial charge in [-0.1, -0.05) is 17.7 Å². The molecule has 116 valence electrons. The van der Waals surface area contributed by atoms with E-state index in [4.69, 9.17) is 0 Å². The third kappa shape index (κ3) is 3.44. The molecule has 1 N–H and O–H groups in total. The molecule has 6 heteroatoms. The van der Waals surface area contributed by atoms with Gasteiger partial charge in [0, 0.05) is 25.0 Å². The largest absolute Gasteiger partial charge is 0.339 e. The van der Waals surface area contributed by atoms with Crippen LogP contribution in [0.4, 0.5) is 0 Å². The van der Waals surface area contributed by atoms with Crippen LogP contribution >= 0.6 is 0 Å². The maximum Gasteiger partial charge on any atom is 0.241 e. The summed E-state index contributed by atoms with van der Waals surface area (Å²) in [6, 6.07) is 4.97. The minimum Gasteiger partial charge on any atom is -0.339 e. The fraction of sp³-hybridized carbons (Fsp3) is 0.533. The lowest BCUT2D eigenvalue weighted by atomic mass is 10.2. The van der Waals surface area contributed by atoms with E-state index in [1.807, 2.05) is 26.8 Å². The second-order valence-electron chi connectivity index (χ2n) is 5.93. The van der Waals surface area contributed by atoms with Crippen molar-refractivity contribution in [3.05, 3.63) is 29.3 Å². The van der Waals surface area contributed by atoms with Crippen LogP contribution in [-0.4, -0.2) is 37.9 Å². The van der Waals surface area contributed by atoms with Gasteiger partial charge in [-0.25, -0.2) is 13.1 Å². The number of aryl methyl sites for hydroxylation is 2. The molecule has 1 aliphatic heterocycles. The van der Waals surface area contributed by atoms with E-state index < -0.39 is 10.0 Å². The topological polar surface area (TPSA) is 66.5 Å². The number of nitrogens with zero attached hydrogens (tertiary/aromatic N) is 1. The van der Waals surface area contributed by atoms with Crippen molar-refractivity contribution in [1.29, 1.82) is 0 Å². The fourth-order valence-corrected chi connectivity index (χ4v) is 4.15. The highest BCUT2D eigenvalue weighted by Crippen LogP contribution is 2.20. The van der Waals surface area contributed by atoms with E-state index in [2.05, 4.69) is 4.72 Å². The molecular weight excluding hydrogens is 288 g/mol. The minimum atomic E-state index is -3.59. The van der Waals surface area contributed by atoms with E-state index in [1.54, 1.807) is 24.0 Å². The maximum atomic E-state index is 12.5. The zero-order valence-corrected chi connectivity index (χ0v) is 13.7. The van der Waals surface area contributed by atoms with Crippen LogP contribution in [0, 0.1) is 13.8 Å². The van der Waals surface area contributed by atoms with Gasteiger partial charge in [0.25, 0.3) is 0 Å². The molecule has 1 amide bonds. The summed E-state index contributed by atoms with van der Waals surface area (Å²) in [5, 5.41) is 0. The first-order valence-corrected chi connectivity index (χ1v) is 8.58. The van der Waals surface area contributed by atoms with Crippen molar-refractivity contribution in [3.8, 4) is 0 Å². The van der Waals surface area contributed by atoms with E-state index in [0.29, 0.717) is 12.1 Å². The molecule has 0 bridgehead atoms. The Bertz CT molecular complexity index is 653. The van der Waals surface area contributed by atoms with Crippen molar-refractivity contribution in [2.45, 2.75) is 51.1 Å². The quantitative estimate of drug-likeness (QED) is 0.918. The molecule has 5 nitrogen and oxygen atoms in total. The Morgan fingerprint density at radius 3 is 2.48 bits per heavy atom. The van der Waals surface area contributed by atoms with Gasteiger partial charge in [-0.05, 0) is 39.3 Å². The summed E-state index contributed by atoms with van der Waals surface area (Å²) >= 11 is 0. The van der Waals surface area contributed by atoms with E-state index in [9.17, 15) is 13.2 Å². The summed E-state index contributed by atoms with van der Waals surface area (Å²) < 4.78 is 27.6. The summed E-state index contributed by atoms with van der Waals surface area (Å²) in [6.45, 7) is 7.99. The van der Waals surface area contributed by atoms with Gasteiger partial charge in [-0.2, -0.15) is 0 Å². The van der Waals surface area contributed by atoms with Gasteiger partial charge in [0.1, 0.15) is 0 Å². The van der Waals surface area contributed by atoms with Gasteiger partial charge in [-0.3, -0.25) is 4.79 Å². The number of benzene rings is 1. The van der Waals surface area contributed by atoms with E-state index in [0.717, 1.165) is 5.56 Å². The van der Waals surface area contributed by atoms with Crippen molar-refractivity contribution >= 4 is 15.9 Å². The average Bonchev–Trinajstić information content (AvgIpc) is 2.68. The number of rotatable bonds is 4. The highest BCUT2D eigenvalue weighted by molar-refractivity contribution is 7.89. The molecule has 0 aromatic heterocycles. The van der Waals surface area contributed by atoms with Gasteiger partial charge in [0.15, 0.2) is 0 Å². The number of sulfonamides is 1. The van der Waals surface area contributed by atoms with E-state index in [-0.39, 0.29) is 29.3 Å². The van der Waals surface area contributed by atoms with Crippen LogP contribution < -0.4 is 4.72 Å². The lowest BCUT2D eigenvalue weighted by molar-refractivity contribution is -0.129. The molecule has 21 heavy (non-hydrogen) atoms. The van der Waals surface area contributed by atoms with Gasteiger partial charge < -0.3 is 4.90 Å². The van der Waals surface area contributed by atoms with Crippen molar-refractivity contribution < 1.29 is 13.2 Å². The van der Waals surface area contributed by atoms with Gasteiger partial charge in [-0.15, -0.1) is 0 Å². The Hall–Kier alpha value is -1.40. The highest BCUT2D eigenvalue weighted by atomic mass is 32.2. The molecule has 1 atom stereocenters. The predicted octanol–water partition coefficient (Wildman–Crippen LogP) is 1.59.